The van der Waals surface area contributed by atoms with Gasteiger partial charge in [-0.1, -0.05) is 58.9 Å². The molecule has 1 atom stereocenters. The topological polar surface area (TPSA) is 35.9 Å². The van der Waals surface area contributed by atoms with Crippen LogP contribution >= 0.6 is 52.3 Å². The molecule has 1 heterocycles. The molecule has 196 valence electrons. The minimum atomic E-state index is -0.714. The highest BCUT2D eigenvalue weighted by molar-refractivity contribution is 9.10. The summed E-state index contributed by atoms with van der Waals surface area (Å²) in [6.45, 7) is 5.04. The summed E-state index contributed by atoms with van der Waals surface area (Å²) in [5, 5.41) is 12.2. The maximum Gasteiger partial charge on any atom is 0.138 e. The predicted octanol–water partition coefficient (Wildman–Crippen LogP) is 6.69. The quantitative estimate of drug-likeness (QED) is 0.378. The Bertz CT molecular complexity index is 954. The molecule has 2 fully saturated rings. The van der Waals surface area contributed by atoms with Gasteiger partial charge in [-0.3, -0.25) is 0 Å². The van der Waals surface area contributed by atoms with E-state index in [1.54, 1.807) is 12.1 Å². The first-order chi connectivity index (χ1) is 15.8. The molecular formula is C26H35BrCl3FN2O2. The Hall–Kier alpha value is -0.600. The van der Waals surface area contributed by atoms with Crippen LogP contribution in [-0.2, 0) is 6.61 Å². The Morgan fingerprint density at radius 1 is 1.06 bits per heavy atom. The van der Waals surface area contributed by atoms with E-state index in [2.05, 4.69) is 32.8 Å². The second-order valence-corrected chi connectivity index (χ2v) is 10.9. The number of nitrogens with zero attached hydrogens (tertiary/aromatic N) is 2. The minimum Gasteiger partial charge on any atom is -0.487 e. The monoisotopic (exact) mass is 610 g/mol. The molecule has 1 saturated carbocycles. The van der Waals surface area contributed by atoms with Crippen LogP contribution in [0.25, 0.3) is 0 Å². The Labute approximate surface area is 234 Å². The first-order valence-corrected chi connectivity index (χ1v) is 13.0. The summed E-state index contributed by atoms with van der Waals surface area (Å²) in [6, 6.07) is 10.7. The molecule has 0 bridgehead atoms. The van der Waals surface area contributed by atoms with E-state index < -0.39 is 5.60 Å². The zero-order valence-electron chi connectivity index (χ0n) is 20.0. The first kappa shape index (κ1) is 30.6. The van der Waals surface area contributed by atoms with Gasteiger partial charge < -0.3 is 19.6 Å². The molecule has 0 amide bonds. The second-order valence-electron chi connectivity index (χ2n) is 9.53. The van der Waals surface area contributed by atoms with E-state index in [0.29, 0.717) is 20.8 Å². The number of piperazine rings is 1. The number of likely N-dealkylation sites (N-methyl/N-ethyl adjacent to an activating group) is 1. The lowest BCUT2D eigenvalue weighted by atomic mass is 9.72. The fourth-order valence-corrected chi connectivity index (χ4v) is 5.61. The number of aliphatic hydroxyl groups is 1. The molecule has 0 aromatic heterocycles. The van der Waals surface area contributed by atoms with Crippen molar-refractivity contribution in [2.75, 3.05) is 39.8 Å². The number of hydrogen-bond donors (Lipinski definition) is 1. The summed E-state index contributed by atoms with van der Waals surface area (Å²) in [5.41, 5.74) is 0.807. The molecule has 4 rings (SSSR count). The fourth-order valence-electron chi connectivity index (χ4n) is 5.03. The van der Waals surface area contributed by atoms with Crippen LogP contribution in [0.2, 0.25) is 5.02 Å². The molecule has 1 saturated heterocycles. The van der Waals surface area contributed by atoms with Crippen molar-refractivity contribution in [1.82, 2.24) is 9.80 Å². The zero-order chi connectivity index (χ0) is 23.4. The maximum absolute atomic E-state index is 14.1. The molecule has 0 spiro atoms. The van der Waals surface area contributed by atoms with Crippen LogP contribution in [0.15, 0.2) is 40.9 Å². The van der Waals surface area contributed by atoms with Crippen LogP contribution in [0, 0.1) is 5.82 Å². The molecule has 1 N–H and O–H groups in total. The second kappa shape index (κ2) is 13.8. The van der Waals surface area contributed by atoms with E-state index in [4.69, 9.17) is 16.3 Å². The average molecular weight is 613 g/mol. The van der Waals surface area contributed by atoms with E-state index in [0.717, 1.165) is 64.0 Å². The van der Waals surface area contributed by atoms with Gasteiger partial charge in [-0.05, 0) is 49.7 Å². The van der Waals surface area contributed by atoms with E-state index in [-0.39, 0.29) is 43.2 Å². The van der Waals surface area contributed by atoms with E-state index in [1.807, 2.05) is 18.2 Å². The Balaban J connectivity index is 0.00000216. The average Bonchev–Trinajstić information content (AvgIpc) is 2.79. The third kappa shape index (κ3) is 7.94. The van der Waals surface area contributed by atoms with Gasteiger partial charge in [-0.15, -0.1) is 24.8 Å². The fraction of sp³-hybridized carbons (Fsp3) is 0.538. The van der Waals surface area contributed by atoms with Crippen molar-refractivity contribution < 1.29 is 14.2 Å². The third-order valence-corrected chi connectivity index (χ3v) is 7.95. The molecule has 2 aliphatic rings. The molecule has 1 aliphatic carbocycles. The highest BCUT2D eigenvalue weighted by Crippen LogP contribution is 2.42. The molecule has 2 aromatic carbocycles. The van der Waals surface area contributed by atoms with Crippen molar-refractivity contribution in [3.05, 3.63) is 62.8 Å². The Kier molecular flexibility index (Phi) is 12.1. The smallest absolute Gasteiger partial charge is 0.138 e. The van der Waals surface area contributed by atoms with Crippen molar-refractivity contribution >= 4 is 52.3 Å². The number of benzene rings is 2. The van der Waals surface area contributed by atoms with E-state index in [1.165, 1.54) is 12.5 Å². The lowest BCUT2D eigenvalue weighted by molar-refractivity contribution is -0.0337. The summed E-state index contributed by atoms with van der Waals surface area (Å²) >= 11 is 9.90. The molecule has 1 aliphatic heterocycles. The number of hydrogen-bond acceptors (Lipinski definition) is 4. The zero-order valence-corrected chi connectivity index (χ0v) is 24.0. The van der Waals surface area contributed by atoms with Gasteiger partial charge in [0.05, 0.1) is 10.6 Å². The normalized spacial score (nSPS) is 19.3. The molecule has 2 aromatic rings. The van der Waals surface area contributed by atoms with Crippen molar-refractivity contribution in [2.45, 2.75) is 50.2 Å². The van der Waals surface area contributed by atoms with Gasteiger partial charge in [0.25, 0.3) is 0 Å². The highest BCUT2D eigenvalue weighted by atomic mass is 79.9. The van der Waals surface area contributed by atoms with Crippen LogP contribution < -0.4 is 4.74 Å². The van der Waals surface area contributed by atoms with Crippen LogP contribution in [0.3, 0.4) is 0 Å². The van der Waals surface area contributed by atoms with Gasteiger partial charge in [0.15, 0.2) is 0 Å². The van der Waals surface area contributed by atoms with Crippen LogP contribution in [0.4, 0.5) is 4.39 Å². The molecule has 9 heteroatoms. The van der Waals surface area contributed by atoms with Crippen LogP contribution in [0.5, 0.6) is 5.75 Å². The van der Waals surface area contributed by atoms with Gasteiger partial charge in [-0.25, -0.2) is 4.39 Å². The van der Waals surface area contributed by atoms with Crippen molar-refractivity contribution in [1.29, 1.82) is 0 Å². The van der Waals surface area contributed by atoms with Crippen LogP contribution in [-0.4, -0.2) is 60.3 Å². The largest absolute Gasteiger partial charge is 0.487 e. The van der Waals surface area contributed by atoms with Gasteiger partial charge in [0, 0.05) is 48.7 Å². The van der Waals surface area contributed by atoms with Crippen molar-refractivity contribution in [3.8, 4) is 5.75 Å². The Morgan fingerprint density at radius 3 is 2.37 bits per heavy atom. The summed E-state index contributed by atoms with van der Waals surface area (Å²) < 4.78 is 20.7. The van der Waals surface area contributed by atoms with Gasteiger partial charge in [0.2, 0.25) is 0 Å². The summed E-state index contributed by atoms with van der Waals surface area (Å²) in [4.78, 5) is 4.81. The molecule has 0 radical (unpaired) electrons. The highest BCUT2D eigenvalue weighted by Gasteiger charge is 2.40. The summed E-state index contributed by atoms with van der Waals surface area (Å²) in [5.74, 6) is 0.206. The number of halogens is 5. The molecule has 4 nitrogen and oxygen atoms in total. The van der Waals surface area contributed by atoms with E-state index in [9.17, 15) is 9.50 Å². The minimum absolute atomic E-state index is 0. The van der Waals surface area contributed by atoms with Gasteiger partial charge in [0.1, 0.15) is 18.2 Å². The molecule has 35 heavy (non-hydrogen) atoms. The lowest BCUT2D eigenvalue weighted by Crippen LogP contribution is -2.50. The van der Waals surface area contributed by atoms with Crippen molar-refractivity contribution in [2.24, 2.45) is 0 Å². The third-order valence-electron chi connectivity index (χ3n) is 7.16. The molecular weight excluding hydrogens is 578 g/mol. The van der Waals surface area contributed by atoms with Gasteiger partial charge in [-0.2, -0.15) is 0 Å². The summed E-state index contributed by atoms with van der Waals surface area (Å²) in [7, 11) is 2.15. The molecule has 1 unspecified atom stereocenters. The van der Waals surface area contributed by atoms with Crippen molar-refractivity contribution in [3.63, 3.8) is 0 Å². The maximum atomic E-state index is 14.1. The van der Waals surface area contributed by atoms with Crippen LogP contribution in [0.1, 0.15) is 49.1 Å². The predicted molar refractivity (Wildman–Crippen MR) is 149 cm³/mol. The van der Waals surface area contributed by atoms with Gasteiger partial charge >= 0.3 is 0 Å². The standard InChI is InChI=1S/C26H33BrClFN2O2.2ClH/c1-30-11-13-31(14-12-30)17-22(26(32)9-3-2-4-10-26)19-6-8-25(23(28)15-19)33-18-20-5-7-21(27)16-24(20)29;;/h5-8,15-16,22,32H,2-4,9-14,17-18H2,1H3;2*1H. The number of ether oxygens (including phenoxy) is 1. The first-order valence-electron chi connectivity index (χ1n) is 11.8. The lowest BCUT2D eigenvalue weighted by Gasteiger charge is -2.43. The summed E-state index contributed by atoms with van der Waals surface area (Å²) in [6.07, 6.45) is 4.95. The van der Waals surface area contributed by atoms with E-state index >= 15 is 0 Å². The Morgan fingerprint density at radius 2 is 1.74 bits per heavy atom. The number of rotatable bonds is 7. The SMILES string of the molecule is CN1CCN(CC(c2ccc(OCc3ccc(Br)cc3F)c(Cl)c2)C2(O)CCCCC2)CC1.Cl.Cl.